The van der Waals surface area contributed by atoms with Crippen LogP contribution in [0.1, 0.15) is 5.56 Å². The Balaban J connectivity index is 2.65. The van der Waals surface area contributed by atoms with Crippen LogP contribution in [0.2, 0.25) is 15.1 Å². The highest BCUT2D eigenvalue weighted by molar-refractivity contribution is 6.44. The van der Waals surface area contributed by atoms with E-state index in [0.717, 1.165) is 6.34 Å². The first kappa shape index (κ1) is 17.4. The van der Waals surface area contributed by atoms with Gasteiger partial charge in [0.1, 0.15) is 6.34 Å². The first-order chi connectivity index (χ1) is 10.1. The molecule has 2 rings (SSSR count). The van der Waals surface area contributed by atoms with Crippen LogP contribution in [0.4, 0.5) is 13.2 Å². The van der Waals surface area contributed by atoms with Gasteiger partial charge in [0.2, 0.25) is 0 Å². The van der Waals surface area contributed by atoms with Gasteiger partial charge in [0.15, 0.2) is 5.70 Å². The summed E-state index contributed by atoms with van der Waals surface area (Å²) in [5.41, 5.74) is -0.973. The second-order valence-corrected chi connectivity index (χ2v) is 5.99. The van der Waals surface area contributed by atoms with Gasteiger partial charge in [-0.3, -0.25) is 5.01 Å². The van der Waals surface area contributed by atoms with Gasteiger partial charge >= 0.3 is 6.18 Å². The van der Waals surface area contributed by atoms with E-state index in [2.05, 4.69) is 4.99 Å². The highest BCUT2D eigenvalue weighted by atomic mass is 35.5. The number of hydrazine groups is 1. The molecule has 0 spiro atoms. The topological polar surface area (TPSA) is 18.8 Å². The minimum atomic E-state index is -4.61. The van der Waals surface area contributed by atoms with Gasteiger partial charge in [0, 0.05) is 30.3 Å². The lowest BCUT2D eigenvalue weighted by Gasteiger charge is -2.32. The fourth-order valence-corrected chi connectivity index (χ4v) is 2.67. The van der Waals surface area contributed by atoms with E-state index >= 15 is 0 Å². The van der Waals surface area contributed by atoms with E-state index in [0.29, 0.717) is 0 Å². The molecule has 0 radical (unpaired) electrons. The predicted molar refractivity (Wildman–Crippen MR) is 83.3 cm³/mol. The summed E-state index contributed by atoms with van der Waals surface area (Å²) in [6.07, 6.45) is -3.49. The van der Waals surface area contributed by atoms with Crippen LogP contribution in [0.25, 0.3) is 5.57 Å². The fraction of sp³-hybridized carbons (Fsp3) is 0.308. The van der Waals surface area contributed by atoms with Crippen molar-refractivity contribution in [1.29, 1.82) is 0 Å². The first-order valence-electron chi connectivity index (χ1n) is 6.04. The number of halogens is 6. The lowest BCUT2D eigenvalue weighted by atomic mass is 10.0. The standard InChI is InChI=1S/C13H11Cl3F3N3/c1-21(2)22-5-9(12(20-6-22)13(17,18)19)8-3-7(14)4-10(15)11(8)16/h3-4,6H,5H2,1-2H3. The minimum absolute atomic E-state index is 0.0126. The average molecular weight is 373 g/mol. The molecule has 120 valence electrons. The molecule has 1 aromatic carbocycles. The minimum Gasteiger partial charge on any atom is -0.292 e. The molecule has 0 bridgehead atoms. The number of hydrogen-bond donors (Lipinski definition) is 0. The van der Waals surface area contributed by atoms with Gasteiger partial charge in [-0.2, -0.15) is 13.2 Å². The molecule has 0 saturated heterocycles. The van der Waals surface area contributed by atoms with Crippen molar-refractivity contribution in [3.8, 4) is 0 Å². The van der Waals surface area contributed by atoms with E-state index in [1.807, 2.05) is 0 Å². The lowest BCUT2D eigenvalue weighted by molar-refractivity contribution is -0.0926. The summed E-state index contributed by atoms with van der Waals surface area (Å²) in [6.45, 7) is -0.0538. The normalized spacial score (nSPS) is 16.0. The Labute approximate surface area is 140 Å². The molecule has 1 aliphatic rings. The molecular weight excluding hydrogens is 362 g/mol. The van der Waals surface area contributed by atoms with E-state index in [4.69, 9.17) is 34.8 Å². The van der Waals surface area contributed by atoms with Crippen LogP contribution in [0.5, 0.6) is 0 Å². The van der Waals surface area contributed by atoms with E-state index < -0.39 is 11.9 Å². The molecule has 0 aromatic heterocycles. The zero-order chi connectivity index (χ0) is 16.7. The van der Waals surface area contributed by atoms with Gasteiger partial charge in [-0.05, 0) is 12.1 Å². The Kier molecular flexibility index (Phi) is 4.96. The summed E-state index contributed by atoms with van der Waals surface area (Å²) in [6, 6.07) is 2.73. The number of nitrogens with zero attached hydrogens (tertiary/aromatic N) is 3. The molecule has 1 aliphatic heterocycles. The third kappa shape index (κ3) is 3.51. The summed E-state index contributed by atoms with van der Waals surface area (Å²) in [5.74, 6) is 0. The molecule has 0 atom stereocenters. The van der Waals surface area contributed by atoms with E-state index in [1.165, 1.54) is 17.1 Å². The number of benzene rings is 1. The van der Waals surface area contributed by atoms with Crippen molar-refractivity contribution in [3.05, 3.63) is 38.5 Å². The largest absolute Gasteiger partial charge is 0.433 e. The number of rotatable bonds is 2. The maximum atomic E-state index is 13.2. The summed E-state index contributed by atoms with van der Waals surface area (Å²) in [4.78, 5) is 3.53. The molecule has 0 amide bonds. The summed E-state index contributed by atoms with van der Waals surface area (Å²) < 4.78 is 39.7. The van der Waals surface area contributed by atoms with Gasteiger partial charge in [-0.25, -0.2) is 10.0 Å². The van der Waals surface area contributed by atoms with Crippen LogP contribution in [0.15, 0.2) is 22.8 Å². The molecule has 1 aromatic rings. The van der Waals surface area contributed by atoms with Gasteiger partial charge in [-0.15, -0.1) is 0 Å². The van der Waals surface area contributed by atoms with Crippen LogP contribution in [0, 0.1) is 0 Å². The van der Waals surface area contributed by atoms with Gasteiger partial charge in [0.05, 0.1) is 16.6 Å². The quantitative estimate of drug-likeness (QED) is 0.698. The van der Waals surface area contributed by atoms with Crippen LogP contribution < -0.4 is 0 Å². The van der Waals surface area contributed by atoms with Gasteiger partial charge in [0.25, 0.3) is 0 Å². The van der Waals surface area contributed by atoms with Gasteiger partial charge < -0.3 is 0 Å². The Hall–Kier alpha value is -0.950. The van der Waals surface area contributed by atoms with Gasteiger partial charge in [-0.1, -0.05) is 34.8 Å². The average Bonchev–Trinajstić information content (AvgIpc) is 2.41. The molecule has 0 unspecified atom stereocenters. The molecule has 0 aliphatic carbocycles. The number of alkyl halides is 3. The second-order valence-electron chi connectivity index (χ2n) is 4.76. The highest BCUT2D eigenvalue weighted by Crippen LogP contribution is 2.40. The monoisotopic (exact) mass is 371 g/mol. The third-order valence-electron chi connectivity index (χ3n) is 3.03. The zero-order valence-electron chi connectivity index (χ0n) is 11.5. The van der Waals surface area contributed by atoms with Crippen molar-refractivity contribution < 1.29 is 13.2 Å². The third-order valence-corrected chi connectivity index (χ3v) is 4.05. The van der Waals surface area contributed by atoms with Crippen molar-refractivity contribution in [3.63, 3.8) is 0 Å². The molecule has 0 fully saturated rings. The van der Waals surface area contributed by atoms with Crippen LogP contribution >= 0.6 is 34.8 Å². The summed E-state index contributed by atoms with van der Waals surface area (Å²) in [7, 11) is 3.38. The smallest absolute Gasteiger partial charge is 0.292 e. The molecule has 22 heavy (non-hydrogen) atoms. The Morgan fingerprint density at radius 2 is 1.82 bits per heavy atom. The Morgan fingerprint density at radius 1 is 1.18 bits per heavy atom. The first-order valence-corrected chi connectivity index (χ1v) is 7.18. The van der Waals surface area contributed by atoms with Crippen molar-refractivity contribution in [1.82, 2.24) is 10.0 Å². The summed E-state index contributed by atoms with van der Waals surface area (Å²) >= 11 is 17.9. The van der Waals surface area contributed by atoms with E-state index in [1.54, 1.807) is 19.1 Å². The van der Waals surface area contributed by atoms with Crippen LogP contribution in [-0.4, -0.2) is 43.2 Å². The fourth-order valence-electron chi connectivity index (χ4n) is 1.96. The SMILES string of the molecule is CN(C)N1C=NC(C(F)(F)F)=C(c2cc(Cl)cc(Cl)c2Cl)C1. The maximum absolute atomic E-state index is 13.2. The number of allylic oxidation sites excluding steroid dienone is 1. The summed E-state index contributed by atoms with van der Waals surface area (Å²) in [5, 5.41) is 3.42. The predicted octanol–water partition coefficient (Wildman–Crippen LogP) is 4.74. The zero-order valence-corrected chi connectivity index (χ0v) is 13.8. The van der Waals surface area contributed by atoms with Crippen molar-refractivity contribution in [2.24, 2.45) is 4.99 Å². The van der Waals surface area contributed by atoms with E-state index in [-0.39, 0.29) is 32.7 Å². The molecule has 3 nitrogen and oxygen atoms in total. The van der Waals surface area contributed by atoms with E-state index in [9.17, 15) is 13.2 Å². The van der Waals surface area contributed by atoms with Crippen molar-refractivity contribution >= 4 is 46.7 Å². The molecule has 0 N–H and O–H groups in total. The number of hydrogen-bond acceptors (Lipinski definition) is 3. The van der Waals surface area contributed by atoms with Crippen molar-refractivity contribution in [2.45, 2.75) is 6.18 Å². The lowest BCUT2D eigenvalue weighted by Crippen LogP contribution is -2.40. The molecule has 1 heterocycles. The van der Waals surface area contributed by atoms with Crippen molar-refractivity contribution in [2.75, 3.05) is 20.6 Å². The molecule has 0 saturated carbocycles. The Bertz CT molecular complexity index is 654. The molecule has 9 heteroatoms. The Morgan fingerprint density at radius 3 is 2.36 bits per heavy atom. The molecular formula is C13H11Cl3F3N3. The highest BCUT2D eigenvalue weighted by Gasteiger charge is 2.39. The van der Waals surface area contributed by atoms with Crippen LogP contribution in [0.3, 0.4) is 0 Å². The number of aliphatic imine (C=N–C) groups is 1. The second kappa shape index (κ2) is 6.28. The van der Waals surface area contributed by atoms with Crippen LogP contribution in [-0.2, 0) is 0 Å². The maximum Gasteiger partial charge on any atom is 0.433 e.